The van der Waals surface area contributed by atoms with Crippen molar-refractivity contribution in [3.63, 3.8) is 0 Å². The fourth-order valence-corrected chi connectivity index (χ4v) is 14.4. The Balaban J connectivity index is 0.00000188. The Morgan fingerprint density at radius 2 is 1.28 bits per heavy atom. The van der Waals surface area contributed by atoms with Gasteiger partial charge in [-0.05, 0) is 144 Å². The van der Waals surface area contributed by atoms with Gasteiger partial charge in [-0.15, -0.1) is 37.9 Å². The van der Waals surface area contributed by atoms with Gasteiger partial charge in [0.15, 0.2) is 11.5 Å². The number of carbonyl (C=O) groups excluding carboxylic acids is 6. The van der Waals surface area contributed by atoms with Crippen molar-refractivity contribution in [2.45, 2.75) is 173 Å². The number of aliphatic carboxylic acids is 2. The van der Waals surface area contributed by atoms with Crippen LogP contribution in [-0.2, 0) is 114 Å². The fraction of sp³-hybridized carbons (Fsp3) is 0.500. The molecule has 6 N–H and O–H groups in total. The lowest BCUT2D eigenvalue weighted by Gasteiger charge is -2.37. The van der Waals surface area contributed by atoms with Gasteiger partial charge in [-0.3, -0.25) is 23.7 Å². The number of ketones is 2. The molecule has 4 aromatic rings. The summed E-state index contributed by atoms with van der Waals surface area (Å²) in [5.41, 5.74) is 7.15. The maximum Gasteiger partial charge on any atom is 0.425 e. The highest BCUT2D eigenvalue weighted by atomic mass is 32.2. The van der Waals surface area contributed by atoms with Crippen molar-refractivity contribution in [3.8, 4) is 5.75 Å². The Kier molecular flexibility index (Phi) is 40.4. The van der Waals surface area contributed by atoms with E-state index in [1.807, 2.05) is 54.6 Å². The zero-order valence-electron chi connectivity index (χ0n) is 60.9. The van der Waals surface area contributed by atoms with E-state index in [0.29, 0.717) is 63.1 Å². The average molecular weight is 1620 g/mol. The number of fused-ring (bicyclic) bond motifs is 2. The molecule has 0 aromatic heterocycles. The summed E-state index contributed by atoms with van der Waals surface area (Å²) in [5, 5.41) is 27.7. The van der Waals surface area contributed by atoms with Gasteiger partial charge in [0.2, 0.25) is 11.6 Å². The molecule has 7 rings (SSSR count). The summed E-state index contributed by atoms with van der Waals surface area (Å²) in [5.74, 6) is -4.19. The summed E-state index contributed by atoms with van der Waals surface area (Å²) in [6.45, 7) is 12.0. The standard InChI is InChI=1S/C71H93N5O16S2.CO2.3O3S/c1-6-72-69(84)74-58(68(82)83)36-33-54(77)24-19-42-91-43-39-65(79)73-59(47-49-20-8-7-9-21-49)62(78)48-53(67(80)81)46-50-29-34-55(35-30-50)92-66-51(31-37-63-70(2,3)56-25-10-12-27-60(56)75(63)40-14-16-44-93(85,86)87)22-18-23-52(66)32-38-64-71(4,5)57-26-11-13-28-61(57)76(64)41-15-17-45-94(88,89)90;2-1-3;3*1-4(2)3/h7-13,20-21,25-31,34-35,37,52-53,58-59,64H,6,14-19,22-24,32-33,36,38-48H2,1-5H3,(H6-,72,73,74,79,80,81,82,83,84,85,86,87,88,89,90);;;;/b37-31+;;;;/t52?,53-,58+,59+,64?;;;;/m1..../s1. The van der Waals surface area contributed by atoms with E-state index in [-0.39, 0.29) is 99.6 Å². The predicted octanol–water partition coefficient (Wildman–Crippen LogP) is 6.33. The summed E-state index contributed by atoms with van der Waals surface area (Å²) >= 11 is 0. The molecule has 37 heteroatoms. The van der Waals surface area contributed by atoms with Crippen molar-refractivity contribution in [2.75, 3.05) is 49.3 Å². The Morgan fingerprint density at radius 3 is 1.87 bits per heavy atom. The summed E-state index contributed by atoms with van der Waals surface area (Å²) < 4.78 is 159. The quantitative estimate of drug-likeness (QED) is 0.0161. The molecule has 0 spiro atoms. The number of amides is 3. The van der Waals surface area contributed by atoms with Crippen LogP contribution in [0.25, 0.3) is 0 Å². The molecule has 3 amide bonds. The Labute approximate surface area is 637 Å². The van der Waals surface area contributed by atoms with Crippen molar-refractivity contribution in [1.82, 2.24) is 16.0 Å². The van der Waals surface area contributed by atoms with Gasteiger partial charge >= 0.3 is 55.9 Å². The maximum atomic E-state index is 14.2. The molecule has 2 aliphatic heterocycles. The molecule has 598 valence electrons. The number of allylic oxidation sites excluding steroid dienone is 4. The van der Waals surface area contributed by atoms with Gasteiger partial charge in [-0.2, -0.15) is 22.6 Å². The molecule has 5 atom stereocenters. The zero-order chi connectivity index (χ0) is 81.7. The number of anilines is 1. The smallest absolute Gasteiger partial charge is 0.425 e. The lowest BCUT2D eigenvalue weighted by Crippen LogP contribution is -2.46. The van der Waals surface area contributed by atoms with E-state index in [2.05, 4.69) is 89.5 Å². The van der Waals surface area contributed by atoms with Gasteiger partial charge in [0, 0.05) is 98.3 Å². The molecule has 1 aliphatic carbocycles. The number of Topliss-reactive ketones (excluding diaryl/α,β-unsaturated/α-hetero) is 2. The second-order valence-electron chi connectivity index (χ2n) is 26.6. The fourth-order valence-electron chi connectivity index (χ4n) is 13.3. The van der Waals surface area contributed by atoms with Crippen LogP contribution in [0.2, 0.25) is 0 Å². The third-order valence-electron chi connectivity index (χ3n) is 18.2. The van der Waals surface area contributed by atoms with Crippen molar-refractivity contribution in [2.24, 2.45) is 11.8 Å². The number of unbranched alkanes of at least 4 members (excludes halogenated alkanes) is 2. The van der Waals surface area contributed by atoms with Gasteiger partial charge in [0.05, 0.1) is 39.9 Å². The molecule has 109 heavy (non-hydrogen) atoms. The highest BCUT2D eigenvalue weighted by molar-refractivity contribution is 7.86. The summed E-state index contributed by atoms with van der Waals surface area (Å²) in [4.78, 5) is 95.1. The van der Waals surface area contributed by atoms with Crippen LogP contribution in [0.1, 0.15) is 153 Å². The van der Waals surface area contributed by atoms with Crippen molar-refractivity contribution >= 4 is 111 Å². The number of ether oxygens (including phenoxy) is 2. The van der Waals surface area contributed by atoms with Crippen LogP contribution in [0.5, 0.6) is 5.75 Å². The molecule has 0 bridgehead atoms. The van der Waals surface area contributed by atoms with Crippen LogP contribution in [0.3, 0.4) is 0 Å². The minimum absolute atomic E-state index is 0.00200. The first-order valence-corrected chi connectivity index (χ1v) is 40.9. The summed E-state index contributed by atoms with van der Waals surface area (Å²) in [6, 6.07) is 29.9. The Bertz CT molecular complexity index is 4410. The number of nitrogens with one attached hydrogen (secondary N) is 3. The number of para-hydroxylation sites is 2. The zero-order valence-corrected chi connectivity index (χ0v) is 65.0. The van der Waals surface area contributed by atoms with Crippen LogP contribution < -0.4 is 25.6 Å². The first-order chi connectivity index (χ1) is 51.3. The Morgan fingerprint density at radius 1 is 0.688 bits per heavy atom. The molecule has 0 saturated carbocycles. The molecular weight excluding hydrogens is 1530 g/mol. The predicted molar refractivity (Wildman–Crippen MR) is 392 cm³/mol. The molecule has 0 fully saturated rings. The second-order valence-corrected chi connectivity index (χ2v) is 30.9. The van der Waals surface area contributed by atoms with E-state index in [0.717, 1.165) is 65.2 Å². The van der Waals surface area contributed by atoms with Crippen LogP contribution in [0.4, 0.5) is 16.2 Å². The summed E-state index contributed by atoms with van der Waals surface area (Å²) in [7, 11) is -17.8. The largest absolute Gasteiger partial charge is 0.748 e. The summed E-state index contributed by atoms with van der Waals surface area (Å²) in [6.07, 6.45) is 9.95. The third-order valence-corrected chi connectivity index (χ3v) is 19.8. The lowest BCUT2D eigenvalue weighted by molar-refractivity contribution is -0.438. The molecule has 32 nitrogen and oxygen atoms in total. The van der Waals surface area contributed by atoms with Gasteiger partial charge in [-0.1, -0.05) is 92.7 Å². The molecule has 0 saturated heterocycles. The van der Waals surface area contributed by atoms with E-state index in [1.165, 1.54) is 5.56 Å². The Hall–Kier alpha value is -9.33. The number of urea groups is 1. The number of carbonyl (C=O) groups is 6. The average Bonchev–Trinajstić information content (AvgIpc) is 1.60. The number of hydrogen-bond acceptors (Lipinski definition) is 25. The molecule has 4 aromatic carbocycles. The van der Waals surface area contributed by atoms with E-state index >= 15 is 0 Å². The van der Waals surface area contributed by atoms with Gasteiger partial charge in [0.1, 0.15) is 29.9 Å². The second kappa shape index (κ2) is 46.9. The topological polar surface area (TPSA) is 503 Å². The highest BCUT2D eigenvalue weighted by Gasteiger charge is 2.46. The van der Waals surface area contributed by atoms with E-state index < -0.39 is 111 Å². The van der Waals surface area contributed by atoms with E-state index in [9.17, 15) is 64.9 Å². The highest BCUT2D eigenvalue weighted by Crippen LogP contribution is 2.48. The number of nitrogens with zero attached hydrogens (tertiary/aromatic N) is 2. The number of benzene rings is 4. The molecular formula is C72H93N5O27S5. The molecule has 2 unspecified atom stereocenters. The van der Waals surface area contributed by atoms with Gasteiger partial charge in [0.25, 0.3) is 10.1 Å². The van der Waals surface area contributed by atoms with Crippen LogP contribution in [0.15, 0.2) is 127 Å². The first kappa shape index (κ1) is 93.9. The van der Waals surface area contributed by atoms with Gasteiger partial charge < -0.3 is 45.1 Å². The van der Waals surface area contributed by atoms with Gasteiger partial charge in [-0.25, -0.2) is 18.0 Å². The molecule has 2 heterocycles. The van der Waals surface area contributed by atoms with E-state index in [1.54, 1.807) is 31.2 Å². The van der Waals surface area contributed by atoms with Crippen molar-refractivity contribution < 1.29 is 126 Å². The van der Waals surface area contributed by atoms with E-state index in [4.69, 9.17) is 56.9 Å². The monoisotopic (exact) mass is 1620 g/mol. The minimum atomic E-state index is -4.38. The molecule has 0 radical (unpaired) electrons. The number of rotatable bonds is 39. The number of carboxylic acids is 2. The van der Waals surface area contributed by atoms with Crippen molar-refractivity contribution in [1.29, 1.82) is 0 Å². The van der Waals surface area contributed by atoms with Crippen LogP contribution in [-0.4, -0.2) is 188 Å². The first-order valence-electron chi connectivity index (χ1n) is 34.7. The SMILES string of the molecule is CCNC(=O)N[C@@H](CCC(=O)CCCOCCC(=O)N[C@@H](Cc1ccccc1)C(=O)C[C@@H](Cc1ccc(OC2=C(/C=C/C3=[N+](CCCCS(=O)(=O)[O-])c4ccccc4C3(C)C)CCCC2CCC2N(CCCCS(=O)(=O)O)c3ccccc3C2(C)C)cc1)C(=O)O)C(=O)O.O=C=O.O=S(=O)=O.O=S(=O)=O.O=S(=O)=O. The van der Waals surface area contributed by atoms with Crippen LogP contribution in [0, 0.1) is 11.8 Å². The van der Waals surface area contributed by atoms with Crippen molar-refractivity contribution in [3.05, 3.63) is 149 Å². The maximum absolute atomic E-state index is 14.2. The number of hydrogen-bond donors (Lipinski definition) is 6. The lowest BCUT2D eigenvalue weighted by atomic mass is 9.76. The van der Waals surface area contributed by atoms with Crippen LogP contribution >= 0.6 is 0 Å². The normalized spacial score (nSPS) is 16.0. The third kappa shape index (κ3) is 34.4. The minimum Gasteiger partial charge on any atom is -0.748 e. The molecule has 3 aliphatic rings. The number of carboxylic acid groups (broad SMARTS) is 2.